The van der Waals surface area contributed by atoms with E-state index in [0.29, 0.717) is 44.1 Å². The van der Waals surface area contributed by atoms with Crippen molar-refractivity contribution >= 4 is 39.3 Å². The lowest BCUT2D eigenvalue weighted by molar-refractivity contribution is -0.126. The molecular weight excluding hydrogens is 510 g/mol. The molecular formula is C24H29BrClN3O4. The van der Waals surface area contributed by atoms with Gasteiger partial charge in [-0.2, -0.15) is 0 Å². The third-order valence-corrected chi connectivity index (χ3v) is 6.37. The largest absolute Gasteiger partial charge is 0.489 e. The Bertz CT molecular complexity index is 963. The molecule has 0 atom stereocenters. The summed E-state index contributed by atoms with van der Waals surface area (Å²) in [6.45, 7) is 3.98. The van der Waals surface area contributed by atoms with Crippen LogP contribution in [0.3, 0.4) is 0 Å². The summed E-state index contributed by atoms with van der Waals surface area (Å²) in [6, 6.07) is 13.6. The van der Waals surface area contributed by atoms with Crippen molar-refractivity contribution in [2.45, 2.75) is 38.5 Å². The van der Waals surface area contributed by atoms with E-state index in [2.05, 4.69) is 37.5 Å². The average Bonchev–Trinajstić information content (AvgIpc) is 2.79. The Hall–Kier alpha value is -2.13. The van der Waals surface area contributed by atoms with Crippen LogP contribution >= 0.6 is 27.5 Å². The third kappa shape index (κ3) is 8.30. The standard InChI is InChI=1S/C24H29BrClN3O4/c1-17(30)27-13-23(31)28-16-24(32)8-10-29(11-9-24)14-19-12-20(25)4-7-22(19)33-15-18-2-5-21(26)6-3-18/h2-7,12,32H,8-11,13-16H2,1H3,(H,27,30)(H,28,31). The van der Waals surface area contributed by atoms with Crippen LogP contribution in [0.15, 0.2) is 46.9 Å². The van der Waals surface area contributed by atoms with Crippen LogP contribution in [0.5, 0.6) is 5.75 Å². The van der Waals surface area contributed by atoms with Gasteiger partial charge in [-0.3, -0.25) is 14.5 Å². The number of amides is 2. The van der Waals surface area contributed by atoms with Crippen LogP contribution in [-0.2, 0) is 22.7 Å². The third-order valence-electron chi connectivity index (χ3n) is 5.62. The van der Waals surface area contributed by atoms with Crippen LogP contribution in [0.1, 0.15) is 30.9 Å². The zero-order valence-corrected chi connectivity index (χ0v) is 20.9. The summed E-state index contributed by atoms with van der Waals surface area (Å²) in [4.78, 5) is 25.0. The molecule has 0 saturated carbocycles. The van der Waals surface area contributed by atoms with Crippen molar-refractivity contribution < 1.29 is 19.4 Å². The fraction of sp³-hybridized carbons (Fsp3) is 0.417. The van der Waals surface area contributed by atoms with Crippen molar-refractivity contribution in [3.63, 3.8) is 0 Å². The van der Waals surface area contributed by atoms with Crippen molar-refractivity contribution in [3.05, 3.63) is 63.1 Å². The number of ether oxygens (including phenoxy) is 1. The SMILES string of the molecule is CC(=O)NCC(=O)NCC1(O)CCN(Cc2cc(Br)ccc2OCc2ccc(Cl)cc2)CC1. The van der Waals surface area contributed by atoms with E-state index in [0.717, 1.165) is 21.3 Å². The lowest BCUT2D eigenvalue weighted by Crippen LogP contribution is -2.51. The van der Waals surface area contributed by atoms with Crippen LogP contribution in [0.25, 0.3) is 0 Å². The number of likely N-dealkylation sites (tertiary alicyclic amines) is 1. The number of hydrogen-bond acceptors (Lipinski definition) is 5. The van der Waals surface area contributed by atoms with E-state index in [1.165, 1.54) is 6.92 Å². The second kappa shape index (κ2) is 11.8. The number of aliphatic hydroxyl groups is 1. The van der Waals surface area contributed by atoms with E-state index in [1.807, 2.05) is 36.4 Å². The molecule has 2 aromatic rings. The highest BCUT2D eigenvalue weighted by molar-refractivity contribution is 9.10. The zero-order valence-electron chi connectivity index (χ0n) is 18.6. The van der Waals surface area contributed by atoms with Crippen LogP contribution in [0.2, 0.25) is 5.02 Å². The quantitative estimate of drug-likeness (QED) is 0.456. The molecule has 3 N–H and O–H groups in total. The molecule has 1 fully saturated rings. The Balaban J connectivity index is 1.52. The predicted octanol–water partition coefficient (Wildman–Crippen LogP) is 3.26. The van der Waals surface area contributed by atoms with Gasteiger partial charge in [0.25, 0.3) is 0 Å². The lowest BCUT2D eigenvalue weighted by Gasteiger charge is -2.38. The van der Waals surface area contributed by atoms with E-state index >= 15 is 0 Å². The second-order valence-corrected chi connectivity index (χ2v) is 9.71. The average molecular weight is 539 g/mol. The zero-order chi connectivity index (χ0) is 23.8. The molecule has 9 heteroatoms. The highest BCUT2D eigenvalue weighted by atomic mass is 79.9. The number of rotatable bonds is 9. The van der Waals surface area contributed by atoms with Crippen LogP contribution in [0, 0.1) is 0 Å². The Morgan fingerprint density at radius 1 is 1.15 bits per heavy atom. The van der Waals surface area contributed by atoms with Gasteiger partial charge in [0.15, 0.2) is 0 Å². The van der Waals surface area contributed by atoms with Crippen LogP contribution in [0.4, 0.5) is 0 Å². The molecule has 0 radical (unpaired) electrons. The van der Waals surface area contributed by atoms with Gasteiger partial charge in [-0.15, -0.1) is 0 Å². The van der Waals surface area contributed by atoms with Crippen molar-refractivity contribution in [2.75, 3.05) is 26.2 Å². The van der Waals surface area contributed by atoms with Crippen molar-refractivity contribution in [3.8, 4) is 5.75 Å². The number of benzene rings is 2. The first-order chi connectivity index (χ1) is 15.7. The number of hydrogen-bond donors (Lipinski definition) is 3. The molecule has 0 aliphatic carbocycles. The fourth-order valence-corrected chi connectivity index (χ4v) is 4.16. The summed E-state index contributed by atoms with van der Waals surface area (Å²) in [5.41, 5.74) is 1.15. The smallest absolute Gasteiger partial charge is 0.239 e. The molecule has 0 unspecified atom stereocenters. The molecule has 1 aliphatic heterocycles. The highest BCUT2D eigenvalue weighted by Gasteiger charge is 2.32. The topological polar surface area (TPSA) is 90.9 Å². The summed E-state index contributed by atoms with van der Waals surface area (Å²) in [5, 5.41) is 16.7. The minimum atomic E-state index is -0.951. The fourth-order valence-electron chi connectivity index (χ4n) is 3.63. The van der Waals surface area contributed by atoms with E-state index < -0.39 is 5.60 Å². The van der Waals surface area contributed by atoms with Gasteiger partial charge in [0, 0.05) is 48.2 Å². The maximum Gasteiger partial charge on any atom is 0.239 e. The minimum Gasteiger partial charge on any atom is -0.489 e. The van der Waals surface area contributed by atoms with Crippen LogP contribution in [-0.4, -0.2) is 53.6 Å². The highest BCUT2D eigenvalue weighted by Crippen LogP contribution is 2.28. The molecule has 3 rings (SSSR count). The molecule has 1 aliphatic rings. The summed E-state index contributed by atoms with van der Waals surface area (Å²) in [7, 11) is 0. The Morgan fingerprint density at radius 3 is 2.52 bits per heavy atom. The number of nitrogens with zero attached hydrogens (tertiary/aromatic N) is 1. The maximum absolute atomic E-state index is 11.8. The van der Waals surface area contributed by atoms with Gasteiger partial charge in [-0.05, 0) is 48.7 Å². The molecule has 33 heavy (non-hydrogen) atoms. The summed E-state index contributed by atoms with van der Waals surface area (Å²) < 4.78 is 7.07. The van der Waals surface area contributed by atoms with E-state index in [4.69, 9.17) is 16.3 Å². The predicted molar refractivity (Wildman–Crippen MR) is 131 cm³/mol. The normalized spacial score (nSPS) is 15.6. The van der Waals surface area contributed by atoms with Gasteiger partial charge in [0.2, 0.25) is 11.8 Å². The van der Waals surface area contributed by atoms with Gasteiger partial charge in [0.1, 0.15) is 12.4 Å². The van der Waals surface area contributed by atoms with Crippen molar-refractivity contribution in [1.82, 2.24) is 15.5 Å². The van der Waals surface area contributed by atoms with Crippen molar-refractivity contribution in [2.24, 2.45) is 0 Å². The second-order valence-electron chi connectivity index (χ2n) is 8.35. The summed E-state index contributed by atoms with van der Waals surface area (Å²) in [6.07, 6.45) is 1.09. The van der Waals surface area contributed by atoms with Gasteiger partial charge in [0.05, 0.1) is 12.1 Å². The number of piperidine rings is 1. The molecule has 0 spiro atoms. The van der Waals surface area contributed by atoms with Crippen molar-refractivity contribution in [1.29, 1.82) is 0 Å². The molecule has 2 amide bonds. The molecule has 0 aromatic heterocycles. The molecule has 1 saturated heterocycles. The molecule has 7 nitrogen and oxygen atoms in total. The minimum absolute atomic E-state index is 0.0841. The first-order valence-electron chi connectivity index (χ1n) is 10.8. The Morgan fingerprint density at radius 2 is 1.85 bits per heavy atom. The molecule has 0 bridgehead atoms. The molecule has 1 heterocycles. The van der Waals surface area contributed by atoms with E-state index in [9.17, 15) is 14.7 Å². The van der Waals surface area contributed by atoms with Gasteiger partial charge >= 0.3 is 0 Å². The van der Waals surface area contributed by atoms with E-state index in [-0.39, 0.29) is 24.9 Å². The summed E-state index contributed by atoms with van der Waals surface area (Å²) >= 11 is 9.50. The van der Waals surface area contributed by atoms with E-state index in [1.54, 1.807) is 0 Å². The number of carbonyl (C=O) groups is 2. The van der Waals surface area contributed by atoms with Gasteiger partial charge in [-0.25, -0.2) is 0 Å². The Kier molecular flexibility index (Phi) is 9.14. The molecule has 2 aromatic carbocycles. The number of halogens is 2. The van der Waals surface area contributed by atoms with Crippen LogP contribution < -0.4 is 15.4 Å². The monoisotopic (exact) mass is 537 g/mol. The Labute approximate surface area is 207 Å². The number of carbonyl (C=O) groups excluding carboxylic acids is 2. The summed E-state index contributed by atoms with van der Waals surface area (Å²) in [5.74, 6) is 0.248. The number of nitrogens with one attached hydrogen (secondary N) is 2. The van der Waals surface area contributed by atoms with Gasteiger partial charge in [-0.1, -0.05) is 39.7 Å². The first-order valence-corrected chi connectivity index (χ1v) is 12.0. The first kappa shape index (κ1) is 25.5. The maximum atomic E-state index is 11.8. The van der Waals surface area contributed by atoms with Gasteiger partial charge < -0.3 is 20.5 Å². The molecule has 178 valence electrons. The lowest BCUT2D eigenvalue weighted by atomic mass is 9.91.